The predicted molar refractivity (Wildman–Crippen MR) is 55.9 cm³/mol. The van der Waals surface area contributed by atoms with Gasteiger partial charge in [-0.15, -0.1) is 0 Å². The van der Waals surface area contributed by atoms with Crippen molar-refractivity contribution in [1.29, 1.82) is 0 Å². The summed E-state index contributed by atoms with van der Waals surface area (Å²) in [4.78, 5) is 0. The molecule has 74 valence electrons. The molecule has 0 fully saturated rings. The van der Waals surface area contributed by atoms with Crippen LogP contribution >= 0.6 is 0 Å². The van der Waals surface area contributed by atoms with E-state index >= 15 is 0 Å². The van der Waals surface area contributed by atoms with Crippen molar-refractivity contribution in [2.24, 2.45) is 5.41 Å². The van der Waals surface area contributed by atoms with Crippen molar-refractivity contribution in [2.75, 3.05) is 0 Å². The molecule has 0 aromatic carbocycles. The van der Waals surface area contributed by atoms with E-state index < -0.39 is 0 Å². The second-order valence-corrected chi connectivity index (χ2v) is 5.01. The van der Waals surface area contributed by atoms with Gasteiger partial charge in [0.1, 0.15) is 0 Å². The fourth-order valence-corrected chi connectivity index (χ4v) is 1.39. The van der Waals surface area contributed by atoms with Crippen LogP contribution in [0.3, 0.4) is 0 Å². The first kappa shape index (κ1) is 10.3. The van der Waals surface area contributed by atoms with E-state index in [-0.39, 0.29) is 0 Å². The minimum atomic E-state index is 0.301. The zero-order chi connectivity index (χ0) is 10.2. The highest BCUT2D eigenvalue weighted by Crippen LogP contribution is 2.19. The first-order valence-corrected chi connectivity index (χ1v) is 4.82. The maximum atomic E-state index is 4.51. The van der Waals surface area contributed by atoms with Crippen molar-refractivity contribution in [3.8, 4) is 0 Å². The number of aryl methyl sites for hydroxylation is 1. The number of aromatic nitrogens is 2. The summed E-state index contributed by atoms with van der Waals surface area (Å²) in [5.74, 6) is 0. The first-order chi connectivity index (χ1) is 5.81. The Labute approximate surface area is 81.0 Å². The van der Waals surface area contributed by atoms with Crippen LogP contribution in [0.2, 0.25) is 0 Å². The third kappa shape index (κ3) is 2.33. The summed E-state index contributed by atoms with van der Waals surface area (Å²) in [6.45, 7) is 14.0. The molecule has 0 aliphatic heterocycles. The lowest BCUT2D eigenvalue weighted by Gasteiger charge is -2.19. The first-order valence-electron chi connectivity index (χ1n) is 4.82. The van der Waals surface area contributed by atoms with Crippen molar-refractivity contribution in [1.82, 2.24) is 9.78 Å². The van der Waals surface area contributed by atoms with Crippen LogP contribution in [0, 0.1) is 26.2 Å². The van der Waals surface area contributed by atoms with Gasteiger partial charge in [0.25, 0.3) is 0 Å². The molecule has 0 atom stereocenters. The lowest BCUT2D eigenvalue weighted by Crippen LogP contribution is -2.17. The highest BCUT2D eigenvalue weighted by molar-refractivity contribution is 5.22. The molecule has 2 heteroatoms. The summed E-state index contributed by atoms with van der Waals surface area (Å²) in [7, 11) is 0. The molecule has 0 saturated carbocycles. The van der Waals surface area contributed by atoms with Gasteiger partial charge in [0.2, 0.25) is 0 Å². The van der Waals surface area contributed by atoms with Gasteiger partial charge in [-0.3, -0.25) is 4.68 Å². The number of hydrogen-bond donors (Lipinski definition) is 0. The molecule has 1 heterocycles. The molecule has 1 aromatic rings. The summed E-state index contributed by atoms with van der Waals surface area (Å²) in [5, 5.41) is 4.51. The van der Waals surface area contributed by atoms with Gasteiger partial charge in [-0.2, -0.15) is 5.10 Å². The molecule has 13 heavy (non-hydrogen) atoms. The molecule has 1 rings (SSSR count). The van der Waals surface area contributed by atoms with Gasteiger partial charge in [0, 0.05) is 12.2 Å². The average Bonchev–Trinajstić information content (AvgIpc) is 2.15. The van der Waals surface area contributed by atoms with Crippen molar-refractivity contribution in [2.45, 2.75) is 48.1 Å². The SMILES string of the molecule is Cc1nn(CC(C)(C)C)c(C)c1C. The third-order valence-electron chi connectivity index (χ3n) is 2.37. The molecule has 0 radical (unpaired) electrons. The van der Waals surface area contributed by atoms with Crippen LogP contribution in [-0.2, 0) is 6.54 Å². The van der Waals surface area contributed by atoms with Crippen LogP contribution in [0.4, 0.5) is 0 Å². The van der Waals surface area contributed by atoms with Gasteiger partial charge in [-0.1, -0.05) is 20.8 Å². The largest absolute Gasteiger partial charge is 0.269 e. The fraction of sp³-hybridized carbons (Fsp3) is 0.727. The molecule has 0 amide bonds. The molecule has 0 bridgehead atoms. The summed E-state index contributed by atoms with van der Waals surface area (Å²) >= 11 is 0. The number of hydrogen-bond acceptors (Lipinski definition) is 1. The van der Waals surface area contributed by atoms with Crippen LogP contribution in [-0.4, -0.2) is 9.78 Å². The van der Waals surface area contributed by atoms with E-state index in [1.807, 2.05) is 0 Å². The summed E-state index contributed by atoms with van der Waals surface area (Å²) in [6.07, 6.45) is 0. The second-order valence-electron chi connectivity index (χ2n) is 5.01. The predicted octanol–water partition coefficient (Wildman–Crippen LogP) is 2.85. The Kier molecular flexibility index (Phi) is 2.51. The van der Waals surface area contributed by atoms with Crippen LogP contribution in [0.5, 0.6) is 0 Å². The van der Waals surface area contributed by atoms with Crippen molar-refractivity contribution < 1.29 is 0 Å². The molecule has 0 spiro atoms. The van der Waals surface area contributed by atoms with E-state index in [1.165, 1.54) is 11.3 Å². The zero-order valence-corrected chi connectivity index (χ0v) is 9.60. The minimum Gasteiger partial charge on any atom is -0.269 e. The minimum absolute atomic E-state index is 0.301. The number of nitrogens with zero attached hydrogens (tertiary/aromatic N) is 2. The number of rotatable bonds is 1. The summed E-state index contributed by atoms with van der Waals surface area (Å²) in [6, 6.07) is 0. The van der Waals surface area contributed by atoms with Crippen LogP contribution in [0.25, 0.3) is 0 Å². The Balaban J connectivity index is 2.97. The molecule has 0 aliphatic carbocycles. The molecule has 0 aliphatic rings. The zero-order valence-electron chi connectivity index (χ0n) is 9.60. The Morgan fingerprint density at radius 2 is 1.69 bits per heavy atom. The van der Waals surface area contributed by atoms with E-state index in [0.717, 1.165) is 12.2 Å². The molecule has 0 saturated heterocycles. The third-order valence-corrected chi connectivity index (χ3v) is 2.37. The molecular weight excluding hydrogens is 160 g/mol. The monoisotopic (exact) mass is 180 g/mol. The summed E-state index contributed by atoms with van der Waals surface area (Å²) < 4.78 is 2.12. The van der Waals surface area contributed by atoms with Crippen molar-refractivity contribution >= 4 is 0 Å². The topological polar surface area (TPSA) is 17.8 Å². The van der Waals surface area contributed by atoms with Gasteiger partial charge >= 0.3 is 0 Å². The molecule has 2 nitrogen and oxygen atoms in total. The average molecular weight is 180 g/mol. The lowest BCUT2D eigenvalue weighted by molar-refractivity contribution is 0.321. The standard InChI is InChI=1S/C11H20N2/c1-8-9(2)12-13(10(8)3)7-11(4,5)6/h7H2,1-6H3. The van der Waals surface area contributed by atoms with Crippen LogP contribution in [0.1, 0.15) is 37.7 Å². The fourth-order valence-electron chi connectivity index (χ4n) is 1.39. The maximum absolute atomic E-state index is 4.51. The van der Waals surface area contributed by atoms with Gasteiger partial charge < -0.3 is 0 Å². The molecule has 1 aromatic heterocycles. The van der Waals surface area contributed by atoms with E-state index in [4.69, 9.17) is 0 Å². The normalized spacial score (nSPS) is 12.2. The molecule has 0 unspecified atom stereocenters. The van der Waals surface area contributed by atoms with Gasteiger partial charge in [0.05, 0.1) is 5.69 Å². The lowest BCUT2D eigenvalue weighted by atomic mass is 9.97. The van der Waals surface area contributed by atoms with E-state index in [9.17, 15) is 0 Å². The highest BCUT2D eigenvalue weighted by atomic mass is 15.3. The Bertz CT molecular complexity index is 303. The highest BCUT2D eigenvalue weighted by Gasteiger charge is 2.15. The van der Waals surface area contributed by atoms with Gasteiger partial charge in [-0.25, -0.2) is 0 Å². The molecular formula is C11H20N2. The Morgan fingerprint density at radius 3 is 2.00 bits per heavy atom. The summed E-state index contributed by atoms with van der Waals surface area (Å²) in [5.41, 5.74) is 4.08. The molecule has 0 N–H and O–H groups in total. The maximum Gasteiger partial charge on any atom is 0.0625 e. The van der Waals surface area contributed by atoms with E-state index in [1.54, 1.807) is 0 Å². The van der Waals surface area contributed by atoms with E-state index in [2.05, 4.69) is 51.3 Å². The van der Waals surface area contributed by atoms with E-state index in [0.29, 0.717) is 5.41 Å². The van der Waals surface area contributed by atoms with Gasteiger partial charge in [0.15, 0.2) is 0 Å². The van der Waals surface area contributed by atoms with Crippen molar-refractivity contribution in [3.05, 3.63) is 17.0 Å². The quantitative estimate of drug-likeness (QED) is 0.650. The van der Waals surface area contributed by atoms with Crippen LogP contribution < -0.4 is 0 Å². The van der Waals surface area contributed by atoms with Crippen molar-refractivity contribution in [3.63, 3.8) is 0 Å². The second kappa shape index (κ2) is 3.17. The Hall–Kier alpha value is -0.790. The Morgan fingerprint density at radius 1 is 1.15 bits per heavy atom. The smallest absolute Gasteiger partial charge is 0.0625 e. The van der Waals surface area contributed by atoms with Crippen LogP contribution in [0.15, 0.2) is 0 Å². The van der Waals surface area contributed by atoms with Gasteiger partial charge in [-0.05, 0) is 31.7 Å².